The summed E-state index contributed by atoms with van der Waals surface area (Å²) in [6, 6.07) is 8.75. The number of rotatable bonds is 3. The SMILES string of the molecule is [C-]#[N+]c1ccc2c(n1)c(N1CCN(Cc3ccc(F)cc3F)[C@H](C)C1)c(C#N)c(=O)n2C. The van der Waals surface area contributed by atoms with Crippen LogP contribution in [-0.4, -0.2) is 40.1 Å². The Morgan fingerprint density at radius 2 is 2.06 bits per heavy atom. The van der Waals surface area contributed by atoms with Crippen LogP contribution < -0.4 is 10.5 Å². The molecule has 0 spiro atoms. The molecule has 3 heterocycles. The van der Waals surface area contributed by atoms with Crippen molar-refractivity contribution < 1.29 is 8.78 Å². The van der Waals surface area contributed by atoms with E-state index in [0.29, 0.717) is 48.5 Å². The van der Waals surface area contributed by atoms with E-state index in [0.717, 1.165) is 6.07 Å². The summed E-state index contributed by atoms with van der Waals surface area (Å²) in [6.45, 7) is 11.1. The van der Waals surface area contributed by atoms with Gasteiger partial charge in [-0.2, -0.15) is 5.26 Å². The van der Waals surface area contributed by atoms with E-state index in [1.807, 2.05) is 17.9 Å². The van der Waals surface area contributed by atoms with Crippen LogP contribution in [0, 0.1) is 29.5 Å². The van der Waals surface area contributed by atoms with E-state index in [9.17, 15) is 18.8 Å². The first-order valence-corrected chi connectivity index (χ1v) is 10.1. The van der Waals surface area contributed by atoms with Gasteiger partial charge in [0.05, 0.1) is 5.52 Å². The zero-order valence-corrected chi connectivity index (χ0v) is 17.6. The lowest BCUT2D eigenvalue weighted by atomic mass is 10.1. The van der Waals surface area contributed by atoms with Crippen LogP contribution in [0.25, 0.3) is 15.9 Å². The predicted molar refractivity (Wildman–Crippen MR) is 116 cm³/mol. The standard InChI is InChI=1S/C23H20F2N6O/c1-14-12-31(9-8-30(14)13-15-4-5-16(24)10-18(15)25)22-17(11-26)23(32)29(3)19-6-7-20(27-2)28-21(19)22/h4-7,10,14H,8-9,12-13H2,1,3H3/t14-/m1/s1. The molecule has 0 unspecified atom stereocenters. The Labute approximate surface area is 183 Å². The first-order chi connectivity index (χ1) is 15.3. The second kappa shape index (κ2) is 8.37. The molecular weight excluding hydrogens is 414 g/mol. The fourth-order valence-electron chi connectivity index (χ4n) is 4.16. The van der Waals surface area contributed by atoms with Crippen LogP contribution in [0.4, 0.5) is 20.3 Å². The van der Waals surface area contributed by atoms with Crippen LogP contribution >= 0.6 is 0 Å². The number of hydrogen-bond donors (Lipinski definition) is 0. The van der Waals surface area contributed by atoms with Gasteiger partial charge in [0.15, 0.2) is 0 Å². The minimum absolute atomic E-state index is 0.0140. The summed E-state index contributed by atoms with van der Waals surface area (Å²) in [5.41, 5.74) is 1.38. The molecule has 0 N–H and O–H groups in total. The average Bonchev–Trinajstić information content (AvgIpc) is 2.78. The Kier molecular flexibility index (Phi) is 5.60. The molecule has 0 amide bonds. The Bertz CT molecular complexity index is 1350. The number of piperazine rings is 1. The van der Waals surface area contributed by atoms with Crippen LogP contribution in [0.2, 0.25) is 0 Å². The molecule has 3 aromatic rings. The smallest absolute Gasteiger partial charge is 0.271 e. The summed E-state index contributed by atoms with van der Waals surface area (Å²) in [6.07, 6.45) is 0. The van der Waals surface area contributed by atoms with Crippen molar-refractivity contribution in [3.8, 4) is 6.07 Å². The van der Waals surface area contributed by atoms with E-state index in [2.05, 4.69) is 14.7 Å². The molecule has 4 rings (SSSR count). The van der Waals surface area contributed by atoms with Crippen molar-refractivity contribution >= 4 is 22.5 Å². The normalized spacial score (nSPS) is 16.7. The van der Waals surface area contributed by atoms with Crippen molar-refractivity contribution in [1.82, 2.24) is 14.5 Å². The van der Waals surface area contributed by atoms with Gasteiger partial charge in [-0.15, -0.1) is 4.98 Å². The number of benzene rings is 1. The number of hydrogen-bond acceptors (Lipinski definition) is 5. The summed E-state index contributed by atoms with van der Waals surface area (Å²) in [5.74, 6) is -1.02. The van der Waals surface area contributed by atoms with Gasteiger partial charge in [0.25, 0.3) is 11.4 Å². The Hall–Kier alpha value is -3.82. The average molecular weight is 434 g/mol. The van der Waals surface area contributed by atoms with Gasteiger partial charge in [-0.05, 0) is 25.1 Å². The van der Waals surface area contributed by atoms with E-state index in [1.54, 1.807) is 19.2 Å². The number of pyridine rings is 2. The molecule has 32 heavy (non-hydrogen) atoms. The number of nitrogens with zero attached hydrogens (tertiary/aromatic N) is 6. The topological polar surface area (TPSA) is 69.5 Å². The second-order valence-electron chi connectivity index (χ2n) is 7.85. The van der Waals surface area contributed by atoms with Gasteiger partial charge >= 0.3 is 0 Å². The van der Waals surface area contributed by atoms with E-state index in [4.69, 9.17) is 6.57 Å². The van der Waals surface area contributed by atoms with Crippen LogP contribution in [0.1, 0.15) is 18.1 Å². The largest absolute Gasteiger partial charge is 0.364 e. The molecule has 1 saturated heterocycles. The molecule has 2 aromatic heterocycles. The van der Waals surface area contributed by atoms with E-state index >= 15 is 0 Å². The number of aryl methyl sites for hydroxylation is 1. The first kappa shape index (κ1) is 21.4. The monoisotopic (exact) mass is 434 g/mol. The highest BCUT2D eigenvalue weighted by Gasteiger charge is 2.30. The number of halogens is 2. The molecule has 1 atom stereocenters. The summed E-state index contributed by atoms with van der Waals surface area (Å²) in [5, 5.41) is 9.75. The third kappa shape index (κ3) is 3.68. The second-order valence-corrected chi connectivity index (χ2v) is 7.85. The molecule has 7 nitrogen and oxygen atoms in total. The van der Waals surface area contributed by atoms with Gasteiger partial charge in [-0.1, -0.05) is 12.6 Å². The van der Waals surface area contributed by atoms with Gasteiger partial charge in [0.1, 0.15) is 29.0 Å². The molecule has 1 aliphatic rings. The maximum absolute atomic E-state index is 14.1. The van der Waals surface area contributed by atoms with Crippen molar-refractivity contribution in [3.63, 3.8) is 0 Å². The summed E-state index contributed by atoms with van der Waals surface area (Å²) < 4.78 is 28.7. The van der Waals surface area contributed by atoms with Crippen LogP contribution in [0.5, 0.6) is 0 Å². The van der Waals surface area contributed by atoms with Crippen molar-refractivity contribution in [2.75, 3.05) is 24.5 Å². The lowest BCUT2D eigenvalue weighted by Gasteiger charge is -2.41. The first-order valence-electron chi connectivity index (χ1n) is 10.1. The molecule has 1 fully saturated rings. The molecule has 0 bridgehead atoms. The summed E-state index contributed by atoms with van der Waals surface area (Å²) in [7, 11) is 1.58. The fraction of sp³-hybridized carbons (Fsp3) is 0.304. The molecular formula is C23H20F2N6O. The quantitative estimate of drug-likeness (QED) is 0.592. The number of fused-ring (bicyclic) bond motifs is 1. The summed E-state index contributed by atoms with van der Waals surface area (Å²) in [4.78, 5) is 24.6. The Balaban J connectivity index is 1.70. The third-order valence-corrected chi connectivity index (χ3v) is 5.90. The lowest BCUT2D eigenvalue weighted by molar-refractivity contribution is 0.179. The highest BCUT2D eigenvalue weighted by Crippen LogP contribution is 2.31. The van der Waals surface area contributed by atoms with Gasteiger partial charge < -0.3 is 14.3 Å². The minimum atomic E-state index is -0.614. The van der Waals surface area contributed by atoms with E-state index < -0.39 is 17.2 Å². The minimum Gasteiger partial charge on any atom is -0.364 e. The number of nitriles is 1. The van der Waals surface area contributed by atoms with Crippen molar-refractivity contribution in [1.29, 1.82) is 5.26 Å². The maximum Gasteiger partial charge on any atom is 0.271 e. The summed E-state index contributed by atoms with van der Waals surface area (Å²) >= 11 is 0. The zero-order chi connectivity index (χ0) is 23.0. The Morgan fingerprint density at radius 1 is 1.28 bits per heavy atom. The van der Waals surface area contributed by atoms with Gasteiger partial charge in [-0.25, -0.2) is 8.78 Å². The number of anilines is 1. The van der Waals surface area contributed by atoms with E-state index in [1.165, 1.54) is 16.7 Å². The van der Waals surface area contributed by atoms with Gasteiger partial charge in [-0.3, -0.25) is 9.69 Å². The van der Waals surface area contributed by atoms with Gasteiger partial charge in [0, 0.05) is 50.9 Å². The predicted octanol–water partition coefficient (Wildman–Crippen LogP) is 3.34. The molecule has 1 aliphatic heterocycles. The molecule has 1 aromatic carbocycles. The molecule has 0 aliphatic carbocycles. The lowest BCUT2D eigenvalue weighted by Crippen LogP contribution is -2.52. The molecule has 0 radical (unpaired) electrons. The van der Waals surface area contributed by atoms with Crippen molar-refractivity contribution in [2.24, 2.45) is 7.05 Å². The molecule has 162 valence electrons. The number of aromatic nitrogens is 2. The molecule has 0 saturated carbocycles. The Morgan fingerprint density at radius 3 is 2.72 bits per heavy atom. The molecule has 9 heteroatoms. The zero-order valence-electron chi connectivity index (χ0n) is 17.6. The van der Waals surface area contributed by atoms with Crippen LogP contribution in [-0.2, 0) is 13.6 Å². The van der Waals surface area contributed by atoms with Crippen LogP contribution in [0.15, 0.2) is 35.1 Å². The fourth-order valence-corrected chi connectivity index (χ4v) is 4.16. The highest BCUT2D eigenvalue weighted by atomic mass is 19.1. The van der Waals surface area contributed by atoms with Crippen molar-refractivity contribution in [2.45, 2.75) is 19.5 Å². The maximum atomic E-state index is 14.1. The highest BCUT2D eigenvalue weighted by molar-refractivity contribution is 5.92. The van der Waals surface area contributed by atoms with Gasteiger partial charge in [0.2, 0.25) is 5.52 Å². The van der Waals surface area contributed by atoms with E-state index in [-0.39, 0.29) is 17.4 Å². The van der Waals surface area contributed by atoms with Crippen LogP contribution in [0.3, 0.4) is 0 Å². The third-order valence-electron chi connectivity index (χ3n) is 5.90. The van der Waals surface area contributed by atoms with Crippen molar-refractivity contribution in [3.05, 3.63) is 74.9 Å².